The molecule has 7 heteroatoms. The smallest absolute Gasteiger partial charge is 0.269 e. The third-order valence-electron chi connectivity index (χ3n) is 4.36. The van der Waals surface area contributed by atoms with Crippen LogP contribution < -0.4 is 21.2 Å². The van der Waals surface area contributed by atoms with Gasteiger partial charge in [-0.1, -0.05) is 29.8 Å². The molecule has 0 fully saturated rings. The van der Waals surface area contributed by atoms with Gasteiger partial charge in [0.25, 0.3) is 11.5 Å². The lowest BCUT2D eigenvalue weighted by molar-refractivity contribution is -0.520. The van der Waals surface area contributed by atoms with E-state index < -0.39 is 6.17 Å². The molecule has 0 amide bonds. The van der Waals surface area contributed by atoms with Gasteiger partial charge >= 0.3 is 5.96 Å². The summed E-state index contributed by atoms with van der Waals surface area (Å²) in [5.41, 5.74) is 3.22. The summed E-state index contributed by atoms with van der Waals surface area (Å²) in [5, 5.41) is 6.39. The molecule has 0 bridgehead atoms. The van der Waals surface area contributed by atoms with E-state index in [1.54, 1.807) is 19.1 Å². The van der Waals surface area contributed by atoms with E-state index in [9.17, 15) is 9.18 Å². The van der Waals surface area contributed by atoms with Gasteiger partial charge in [0, 0.05) is 17.3 Å². The summed E-state index contributed by atoms with van der Waals surface area (Å²) in [6, 6.07) is 15.5. The second-order valence-electron chi connectivity index (χ2n) is 6.52. The fraction of sp³-hybridized carbons (Fsp3) is 0.150. The van der Waals surface area contributed by atoms with Crippen LogP contribution in [0.15, 0.2) is 59.4 Å². The molecule has 3 N–H and O–H groups in total. The molecule has 6 nitrogen and oxygen atoms in total. The molecule has 4 rings (SSSR count). The minimum absolute atomic E-state index is 0.193. The van der Waals surface area contributed by atoms with Crippen LogP contribution in [0.2, 0.25) is 0 Å². The molecule has 27 heavy (non-hydrogen) atoms. The molecular weight excluding hydrogens is 345 g/mol. The molecule has 0 spiro atoms. The monoisotopic (exact) mass is 364 g/mol. The number of anilines is 2. The lowest BCUT2D eigenvalue weighted by Crippen LogP contribution is -2.82. The topological polar surface area (TPSA) is 72.9 Å². The molecule has 1 aromatic heterocycles. The van der Waals surface area contributed by atoms with E-state index in [2.05, 4.69) is 20.6 Å². The summed E-state index contributed by atoms with van der Waals surface area (Å²) in [7, 11) is 0. The molecule has 1 aliphatic heterocycles. The van der Waals surface area contributed by atoms with Crippen LogP contribution in [0.1, 0.15) is 23.0 Å². The molecular formula is C20H19FN5O+. The molecule has 0 radical (unpaired) electrons. The Balaban J connectivity index is 1.78. The number of hydrogen-bond donors (Lipinski definition) is 3. The average Bonchev–Trinajstić information content (AvgIpc) is 2.63. The Morgan fingerprint density at radius 2 is 1.81 bits per heavy atom. The third-order valence-corrected chi connectivity index (χ3v) is 4.36. The maximum Gasteiger partial charge on any atom is 0.357 e. The molecule has 0 saturated heterocycles. The van der Waals surface area contributed by atoms with Gasteiger partial charge in [-0.05, 0) is 38.1 Å². The number of aryl methyl sites for hydroxylation is 2. The fourth-order valence-corrected chi connectivity index (χ4v) is 3.02. The van der Waals surface area contributed by atoms with Crippen molar-refractivity contribution in [2.75, 3.05) is 10.6 Å². The first-order valence-corrected chi connectivity index (χ1v) is 8.59. The highest BCUT2D eigenvalue weighted by Crippen LogP contribution is 2.17. The first kappa shape index (κ1) is 17.0. The van der Waals surface area contributed by atoms with Crippen molar-refractivity contribution < 1.29 is 9.38 Å². The largest absolute Gasteiger partial charge is 0.357 e. The zero-order valence-electron chi connectivity index (χ0n) is 15.0. The maximum atomic E-state index is 13.3. The van der Waals surface area contributed by atoms with Crippen molar-refractivity contribution in [3.8, 4) is 0 Å². The molecule has 0 aliphatic carbocycles. The Morgan fingerprint density at radius 1 is 1.11 bits per heavy atom. The third kappa shape index (κ3) is 3.44. The van der Waals surface area contributed by atoms with E-state index >= 15 is 0 Å². The number of fused-ring (bicyclic) bond motifs is 1. The zero-order chi connectivity index (χ0) is 19.0. The number of guanidine groups is 1. The predicted octanol–water partition coefficient (Wildman–Crippen LogP) is 1.52. The Bertz CT molecular complexity index is 1070. The van der Waals surface area contributed by atoms with Crippen LogP contribution in [0.25, 0.3) is 0 Å². The van der Waals surface area contributed by atoms with Crippen LogP contribution in [0, 0.1) is 19.7 Å². The van der Waals surface area contributed by atoms with E-state index in [0.717, 1.165) is 16.8 Å². The summed E-state index contributed by atoms with van der Waals surface area (Å²) in [6.45, 7) is 3.79. The number of nitrogens with zero attached hydrogens (tertiary/aromatic N) is 2. The number of benzene rings is 2. The van der Waals surface area contributed by atoms with Crippen molar-refractivity contribution in [2.24, 2.45) is 0 Å². The van der Waals surface area contributed by atoms with Crippen molar-refractivity contribution in [2.45, 2.75) is 20.0 Å². The first-order chi connectivity index (χ1) is 13.0. The predicted molar refractivity (Wildman–Crippen MR) is 102 cm³/mol. The standard InChI is InChI=1S/C20H18FN5O/c1-12-3-9-16(10-4-12)23-19-24-18(14-5-7-15(21)8-6-14)26-17(27)11-13(2)22-20(26)25-19/h3-11,18H,1-2H3,(H2,22,23,24,25)/p+1/t18-/m0/s1. The highest BCUT2D eigenvalue weighted by Gasteiger charge is 2.29. The van der Waals surface area contributed by atoms with E-state index in [1.807, 2.05) is 31.2 Å². The minimum atomic E-state index is -0.518. The fourth-order valence-electron chi connectivity index (χ4n) is 3.02. The van der Waals surface area contributed by atoms with Crippen LogP contribution in [-0.2, 0) is 0 Å². The lowest BCUT2D eigenvalue weighted by atomic mass is 10.1. The van der Waals surface area contributed by atoms with Crippen LogP contribution in [0.3, 0.4) is 0 Å². The van der Waals surface area contributed by atoms with Gasteiger partial charge in [-0.15, -0.1) is 0 Å². The van der Waals surface area contributed by atoms with Gasteiger partial charge in [0.2, 0.25) is 0 Å². The molecule has 2 aromatic carbocycles. The van der Waals surface area contributed by atoms with Crippen LogP contribution >= 0.6 is 0 Å². The van der Waals surface area contributed by atoms with Crippen LogP contribution in [0.4, 0.5) is 16.0 Å². The highest BCUT2D eigenvalue weighted by atomic mass is 19.1. The van der Waals surface area contributed by atoms with E-state index in [1.165, 1.54) is 22.8 Å². The Hall–Kier alpha value is -3.48. The van der Waals surface area contributed by atoms with Gasteiger partial charge in [-0.2, -0.15) is 0 Å². The average molecular weight is 364 g/mol. The second kappa shape index (κ2) is 6.68. The molecule has 2 heterocycles. The minimum Gasteiger partial charge on any atom is -0.269 e. The maximum absolute atomic E-state index is 13.3. The number of rotatable bonds is 2. The molecule has 0 saturated carbocycles. The SMILES string of the molecule is Cc1ccc(NC2=[NH+][C@H](c3ccc(F)cc3)n3c(nc(C)cc3=O)N2)cc1. The Morgan fingerprint density at radius 3 is 2.52 bits per heavy atom. The van der Waals surface area contributed by atoms with Crippen molar-refractivity contribution in [1.82, 2.24) is 9.55 Å². The number of hydrogen-bond acceptors (Lipinski definition) is 4. The van der Waals surface area contributed by atoms with Gasteiger partial charge in [0.1, 0.15) is 5.82 Å². The van der Waals surface area contributed by atoms with Crippen LogP contribution in [-0.4, -0.2) is 15.5 Å². The van der Waals surface area contributed by atoms with E-state index in [4.69, 9.17) is 0 Å². The van der Waals surface area contributed by atoms with E-state index in [-0.39, 0.29) is 11.4 Å². The van der Waals surface area contributed by atoms with Crippen molar-refractivity contribution in [1.29, 1.82) is 0 Å². The molecule has 0 unspecified atom stereocenters. The number of aromatic nitrogens is 2. The zero-order valence-corrected chi connectivity index (χ0v) is 15.0. The number of nitrogens with one attached hydrogen (secondary N) is 3. The second-order valence-corrected chi connectivity index (χ2v) is 6.52. The summed E-state index contributed by atoms with van der Waals surface area (Å²) in [4.78, 5) is 20.3. The summed E-state index contributed by atoms with van der Waals surface area (Å²) in [6.07, 6.45) is -0.518. The van der Waals surface area contributed by atoms with Gasteiger partial charge in [-0.3, -0.25) is 9.79 Å². The molecule has 1 aliphatic rings. The number of halogens is 1. The molecule has 136 valence electrons. The van der Waals surface area contributed by atoms with Crippen LogP contribution in [0.5, 0.6) is 0 Å². The summed E-state index contributed by atoms with van der Waals surface area (Å²) < 4.78 is 14.9. The van der Waals surface area contributed by atoms with Crippen molar-refractivity contribution >= 4 is 17.6 Å². The van der Waals surface area contributed by atoms with Gasteiger partial charge in [-0.25, -0.2) is 24.6 Å². The molecule has 1 atom stereocenters. The van der Waals surface area contributed by atoms with Gasteiger partial charge in [0.15, 0.2) is 6.17 Å². The molecule has 3 aromatic rings. The summed E-state index contributed by atoms with van der Waals surface area (Å²) in [5.74, 6) is 0.678. The van der Waals surface area contributed by atoms with Gasteiger partial charge in [0.05, 0.1) is 5.69 Å². The normalized spacial score (nSPS) is 15.5. The lowest BCUT2D eigenvalue weighted by Gasteiger charge is -2.23. The van der Waals surface area contributed by atoms with Crippen molar-refractivity contribution in [3.05, 3.63) is 87.6 Å². The Kier molecular flexibility index (Phi) is 4.19. The quantitative estimate of drug-likeness (QED) is 0.645. The Labute approximate surface area is 155 Å². The summed E-state index contributed by atoms with van der Waals surface area (Å²) >= 11 is 0. The first-order valence-electron chi connectivity index (χ1n) is 8.59. The van der Waals surface area contributed by atoms with Crippen molar-refractivity contribution in [3.63, 3.8) is 0 Å². The van der Waals surface area contributed by atoms with Gasteiger partial charge < -0.3 is 0 Å². The highest BCUT2D eigenvalue weighted by molar-refractivity contribution is 5.99. The van der Waals surface area contributed by atoms with E-state index in [0.29, 0.717) is 17.6 Å².